The van der Waals surface area contributed by atoms with Gasteiger partial charge in [0.2, 0.25) is 0 Å². The summed E-state index contributed by atoms with van der Waals surface area (Å²) in [4.78, 5) is 2.26. The highest BCUT2D eigenvalue weighted by Gasteiger charge is 2.21. The van der Waals surface area contributed by atoms with Gasteiger partial charge in [-0.05, 0) is 67.7 Å². The van der Waals surface area contributed by atoms with Crippen LogP contribution in [0.4, 0.5) is 15.9 Å². The van der Waals surface area contributed by atoms with Crippen LogP contribution in [0.5, 0.6) is 11.5 Å². The summed E-state index contributed by atoms with van der Waals surface area (Å²) in [6.45, 7) is 2.90. The number of fused-ring (bicyclic) bond motifs is 3. The number of likely N-dealkylation sites (tertiary alicyclic amines) is 1. The van der Waals surface area contributed by atoms with Crippen molar-refractivity contribution in [2.75, 3.05) is 38.7 Å². The summed E-state index contributed by atoms with van der Waals surface area (Å²) in [6.07, 6.45) is 1.82. The van der Waals surface area contributed by atoms with Gasteiger partial charge in [-0.3, -0.25) is 10.2 Å². The lowest BCUT2D eigenvalue weighted by atomic mass is 10.2. The van der Waals surface area contributed by atoms with Crippen LogP contribution in [0, 0.1) is 5.82 Å². The Morgan fingerprint density at radius 1 is 1.12 bits per heavy atom. The first-order valence-electron chi connectivity index (χ1n) is 10.9. The molecule has 7 nitrogen and oxygen atoms in total. The van der Waals surface area contributed by atoms with E-state index in [1.165, 1.54) is 25.0 Å². The van der Waals surface area contributed by atoms with Crippen LogP contribution in [0.25, 0.3) is 22.0 Å². The topological polar surface area (TPSA) is 85.5 Å². The largest absolute Gasteiger partial charge is 0.493 e. The van der Waals surface area contributed by atoms with Gasteiger partial charge < -0.3 is 24.8 Å². The Morgan fingerprint density at radius 2 is 1.97 bits per heavy atom. The summed E-state index contributed by atoms with van der Waals surface area (Å²) in [5.41, 5.74) is 2.51. The van der Waals surface area contributed by atoms with Gasteiger partial charge in [0.1, 0.15) is 24.3 Å². The number of hydrogen-bond acceptors (Lipinski definition) is 5. The van der Waals surface area contributed by atoms with Crippen LogP contribution in [0.2, 0.25) is 0 Å². The molecular weight excluding hydrogens is 411 g/mol. The average molecular weight is 439 g/mol. The summed E-state index contributed by atoms with van der Waals surface area (Å²) in [5, 5.41) is 21.8. The molecule has 0 amide bonds. The number of hydrogen-bond donors (Lipinski definition) is 4. The van der Waals surface area contributed by atoms with E-state index in [0.29, 0.717) is 23.7 Å². The number of benzene rings is 2. The first-order chi connectivity index (χ1) is 15.6. The first-order valence-corrected chi connectivity index (χ1v) is 10.9. The molecule has 1 aliphatic carbocycles. The third-order valence-corrected chi connectivity index (χ3v) is 5.95. The molecule has 32 heavy (non-hydrogen) atoms. The van der Waals surface area contributed by atoms with Gasteiger partial charge in [0, 0.05) is 23.2 Å². The van der Waals surface area contributed by atoms with Crippen LogP contribution in [0.15, 0.2) is 42.5 Å². The van der Waals surface area contributed by atoms with Crippen LogP contribution in [0.1, 0.15) is 12.8 Å². The van der Waals surface area contributed by atoms with Crippen LogP contribution in [-0.4, -0.2) is 59.7 Å². The minimum Gasteiger partial charge on any atom is -0.493 e. The SMILES string of the molecule is COc1cc2c3[nH][nH]c(Nc4cccc(F)c4)c-3cc2cc1OCC(O)CN1CCCC1. The molecule has 1 unspecified atom stereocenters. The van der Waals surface area contributed by atoms with Crippen LogP contribution in [0.3, 0.4) is 0 Å². The van der Waals surface area contributed by atoms with E-state index in [4.69, 9.17) is 9.47 Å². The van der Waals surface area contributed by atoms with Crippen LogP contribution >= 0.6 is 0 Å². The molecule has 0 bridgehead atoms. The number of nitrogens with one attached hydrogen (secondary N) is 3. The normalized spacial score (nSPS) is 15.5. The summed E-state index contributed by atoms with van der Waals surface area (Å²) >= 11 is 0. The molecule has 2 aliphatic heterocycles. The predicted octanol–water partition coefficient (Wildman–Crippen LogP) is 4.33. The van der Waals surface area contributed by atoms with E-state index in [9.17, 15) is 9.50 Å². The lowest BCUT2D eigenvalue weighted by Crippen LogP contribution is -2.33. The fourth-order valence-corrected chi connectivity index (χ4v) is 4.39. The van der Waals surface area contributed by atoms with E-state index in [2.05, 4.69) is 20.4 Å². The number of H-pyrrole nitrogens is 2. The summed E-state index contributed by atoms with van der Waals surface area (Å²) < 4.78 is 25.0. The van der Waals surface area contributed by atoms with Crippen molar-refractivity contribution in [1.29, 1.82) is 0 Å². The highest BCUT2D eigenvalue weighted by molar-refractivity contribution is 6.05. The first kappa shape index (κ1) is 20.7. The lowest BCUT2D eigenvalue weighted by molar-refractivity contribution is 0.0748. The fourth-order valence-electron chi connectivity index (χ4n) is 4.39. The van der Waals surface area contributed by atoms with Gasteiger partial charge in [-0.25, -0.2) is 4.39 Å². The lowest BCUT2D eigenvalue weighted by Gasteiger charge is -2.20. The van der Waals surface area contributed by atoms with Crippen molar-refractivity contribution >= 4 is 22.3 Å². The van der Waals surface area contributed by atoms with Crippen molar-refractivity contribution in [3.8, 4) is 22.8 Å². The number of β-amino-alcohol motifs (C(OH)–C–C–N with tert-alkyl or cyclic N) is 1. The smallest absolute Gasteiger partial charge is 0.161 e. The number of nitrogens with zero attached hydrogens (tertiary/aromatic N) is 1. The number of methoxy groups -OCH3 is 1. The van der Waals surface area contributed by atoms with E-state index in [-0.39, 0.29) is 12.4 Å². The molecule has 4 N–H and O–H groups in total. The van der Waals surface area contributed by atoms with Crippen LogP contribution in [-0.2, 0) is 0 Å². The molecular formula is C24H27FN4O3. The average Bonchev–Trinajstić information content (AvgIpc) is 3.50. The van der Waals surface area contributed by atoms with Gasteiger partial charge in [0.15, 0.2) is 11.5 Å². The zero-order chi connectivity index (χ0) is 22.1. The summed E-state index contributed by atoms with van der Waals surface area (Å²) in [5.74, 6) is 1.64. The Balaban J connectivity index is 1.37. The fraction of sp³-hybridized carbons (Fsp3) is 0.333. The summed E-state index contributed by atoms with van der Waals surface area (Å²) in [6, 6.07) is 12.2. The van der Waals surface area contributed by atoms with E-state index in [1.807, 2.05) is 18.2 Å². The van der Waals surface area contributed by atoms with Gasteiger partial charge in [-0.2, -0.15) is 0 Å². The molecule has 1 fully saturated rings. The molecule has 2 heterocycles. The summed E-state index contributed by atoms with van der Waals surface area (Å²) in [7, 11) is 1.60. The Kier molecular flexibility index (Phi) is 5.63. The van der Waals surface area contributed by atoms with Crippen LogP contribution < -0.4 is 14.8 Å². The Labute approximate surface area is 185 Å². The highest BCUT2D eigenvalue weighted by atomic mass is 19.1. The Morgan fingerprint density at radius 3 is 2.75 bits per heavy atom. The van der Waals surface area contributed by atoms with Crippen molar-refractivity contribution in [1.82, 2.24) is 15.1 Å². The minimum atomic E-state index is -0.556. The second kappa shape index (κ2) is 8.72. The molecule has 8 heteroatoms. The molecule has 0 aromatic heterocycles. The molecule has 1 saturated heterocycles. The van der Waals surface area contributed by atoms with Crippen molar-refractivity contribution < 1.29 is 19.0 Å². The minimum absolute atomic E-state index is 0.205. The molecule has 5 rings (SSSR count). The number of halogens is 1. The van der Waals surface area contributed by atoms with Gasteiger partial charge >= 0.3 is 0 Å². The third-order valence-electron chi connectivity index (χ3n) is 5.95. The maximum absolute atomic E-state index is 13.5. The molecule has 2 aromatic carbocycles. The van der Waals surface area contributed by atoms with E-state index in [1.54, 1.807) is 19.2 Å². The zero-order valence-electron chi connectivity index (χ0n) is 18.0. The monoisotopic (exact) mass is 438 g/mol. The van der Waals surface area contributed by atoms with Crippen molar-refractivity contribution in [3.63, 3.8) is 0 Å². The quantitative estimate of drug-likeness (QED) is 0.329. The standard InChI is InChI=1S/C24H27FN4O3/c1-31-21-12-19-15(10-22(21)32-14-18(30)13-29-7-2-3-8-29)9-20-23(19)27-28-24(20)26-17-6-4-5-16(25)11-17/h4-6,9-12,18,26-28,30H,2-3,7-8,13-14H2,1H3. The molecule has 1 atom stereocenters. The Bertz CT molecular complexity index is 1180. The van der Waals surface area contributed by atoms with Crippen molar-refractivity contribution in [2.24, 2.45) is 0 Å². The number of aliphatic hydroxyl groups is 1. The van der Waals surface area contributed by atoms with Crippen molar-refractivity contribution in [3.05, 3.63) is 48.3 Å². The molecule has 0 spiro atoms. The maximum Gasteiger partial charge on any atom is 0.161 e. The number of ether oxygens (including phenoxy) is 2. The van der Waals surface area contributed by atoms with E-state index >= 15 is 0 Å². The number of aromatic nitrogens is 2. The van der Waals surface area contributed by atoms with Gasteiger partial charge in [0.25, 0.3) is 0 Å². The number of rotatable bonds is 8. The van der Waals surface area contributed by atoms with Gasteiger partial charge in [-0.15, -0.1) is 0 Å². The zero-order valence-corrected chi connectivity index (χ0v) is 18.0. The number of aliphatic hydroxyl groups excluding tert-OH is 1. The molecule has 3 aliphatic rings. The molecule has 168 valence electrons. The Hall–Kier alpha value is -3.23. The molecule has 0 radical (unpaired) electrons. The van der Waals surface area contributed by atoms with Gasteiger partial charge in [-0.1, -0.05) is 6.07 Å². The molecule has 2 aromatic rings. The number of anilines is 2. The van der Waals surface area contributed by atoms with Gasteiger partial charge in [0.05, 0.1) is 12.8 Å². The second-order valence-electron chi connectivity index (χ2n) is 8.26. The van der Waals surface area contributed by atoms with E-state index in [0.717, 1.165) is 40.9 Å². The second-order valence-corrected chi connectivity index (χ2v) is 8.26. The van der Waals surface area contributed by atoms with E-state index < -0.39 is 6.10 Å². The third kappa shape index (κ3) is 4.11. The maximum atomic E-state index is 13.5. The van der Waals surface area contributed by atoms with Crippen molar-refractivity contribution in [2.45, 2.75) is 18.9 Å². The molecule has 0 saturated carbocycles. The number of aromatic amines is 2. The predicted molar refractivity (Wildman–Crippen MR) is 123 cm³/mol. The highest BCUT2D eigenvalue weighted by Crippen LogP contribution is 2.43.